The van der Waals surface area contributed by atoms with E-state index < -0.39 is 43.3 Å². The van der Waals surface area contributed by atoms with Gasteiger partial charge in [0, 0.05) is 0 Å². The van der Waals surface area contributed by atoms with Crippen molar-refractivity contribution in [3.8, 4) is 0 Å². The second kappa shape index (κ2) is 3.35. The zero-order valence-electron chi connectivity index (χ0n) is 7.16. The predicted octanol–water partition coefficient (Wildman–Crippen LogP) is -2.47. The third-order valence-electron chi connectivity index (χ3n) is 2.37. The molecule has 5 atom stereocenters. The molecule has 0 radical (unpaired) electrons. The van der Waals surface area contributed by atoms with Crippen molar-refractivity contribution in [3.05, 3.63) is 0 Å². The molecule has 14 heavy (non-hydrogen) atoms. The van der Waals surface area contributed by atoms with E-state index in [0.717, 1.165) is 0 Å². The van der Waals surface area contributed by atoms with Crippen LogP contribution >= 0.6 is 0 Å². The summed E-state index contributed by atoms with van der Waals surface area (Å²) in [6, 6.07) is 0. The maximum Gasteiger partial charge on any atom is 0.409 e. The Labute approximate surface area is 79.2 Å². The van der Waals surface area contributed by atoms with E-state index in [0.29, 0.717) is 0 Å². The molecule has 80 valence electrons. The molecular formula is C7H11NO6. The molecule has 0 spiro atoms. The van der Waals surface area contributed by atoms with Crippen LogP contribution in [0.4, 0.5) is 4.79 Å². The van der Waals surface area contributed by atoms with Crippen LogP contribution in [0.2, 0.25) is 0 Å². The Balaban J connectivity index is 2.13. The maximum absolute atomic E-state index is 10.8. The van der Waals surface area contributed by atoms with Crippen LogP contribution in [0.15, 0.2) is 0 Å². The van der Waals surface area contributed by atoms with Gasteiger partial charge in [-0.3, -0.25) is 5.32 Å². The topological polar surface area (TPSA) is 108 Å². The Kier molecular flexibility index (Phi) is 2.31. The minimum Gasteiger partial charge on any atom is -0.438 e. The minimum absolute atomic E-state index is 0.433. The summed E-state index contributed by atoms with van der Waals surface area (Å²) in [5, 5.41) is 30.0. The highest BCUT2D eigenvalue weighted by molar-refractivity contribution is 5.70. The molecule has 2 aliphatic rings. The molecule has 2 fully saturated rings. The Bertz CT molecular complexity index is 246. The number of alkyl carbamates (subject to hydrolysis) is 1. The molecule has 0 aromatic rings. The largest absolute Gasteiger partial charge is 0.438 e. The average molecular weight is 205 g/mol. The lowest BCUT2D eigenvalue weighted by molar-refractivity contribution is -0.215. The Morgan fingerprint density at radius 2 is 2.07 bits per heavy atom. The first-order valence-electron chi connectivity index (χ1n) is 4.23. The lowest BCUT2D eigenvalue weighted by Crippen LogP contribution is -2.59. The van der Waals surface area contributed by atoms with Gasteiger partial charge < -0.3 is 24.8 Å². The fraction of sp³-hybridized carbons (Fsp3) is 0.857. The maximum atomic E-state index is 10.8. The van der Waals surface area contributed by atoms with E-state index in [2.05, 4.69) is 10.1 Å². The molecule has 4 N–H and O–H groups in total. The van der Waals surface area contributed by atoms with Crippen molar-refractivity contribution in [1.29, 1.82) is 0 Å². The van der Waals surface area contributed by atoms with Crippen LogP contribution in [0.25, 0.3) is 0 Å². The first-order valence-corrected chi connectivity index (χ1v) is 4.23. The fourth-order valence-electron chi connectivity index (χ4n) is 1.61. The molecule has 2 saturated heterocycles. The number of rotatable bonds is 1. The van der Waals surface area contributed by atoms with Gasteiger partial charge in [-0.2, -0.15) is 0 Å². The highest BCUT2D eigenvalue weighted by Gasteiger charge is 2.50. The number of aliphatic hydroxyl groups is 3. The molecule has 0 aromatic heterocycles. The molecule has 0 unspecified atom stereocenters. The minimum atomic E-state index is -1.26. The Morgan fingerprint density at radius 3 is 2.71 bits per heavy atom. The van der Waals surface area contributed by atoms with Gasteiger partial charge in [0.15, 0.2) is 12.3 Å². The summed E-state index contributed by atoms with van der Waals surface area (Å²) in [7, 11) is 0. The molecule has 7 heteroatoms. The van der Waals surface area contributed by atoms with E-state index >= 15 is 0 Å². The Hall–Kier alpha value is -0.890. The van der Waals surface area contributed by atoms with Gasteiger partial charge in [0.05, 0.1) is 6.61 Å². The van der Waals surface area contributed by atoms with Gasteiger partial charge in [-0.05, 0) is 0 Å². The van der Waals surface area contributed by atoms with Crippen molar-refractivity contribution in [3.63, 3.8) is 0 Å². The number of amides is 1. The second-order valence-corrected chi connectivity index (χ2v) is 3.27. The monoisotopic (exact) mass is 205 g/mol. The summed E-state index contributed by atoms with van der Waals surface area (Å²) in [6.07, 6.45) is -5.84. The van der Waals surface area contributed by atoms with E-state index in [4.69, 9.17) is 9.84 Å². The number of aliphatic hydroxyl groups excluding tert-OH is 3. The normalized spacial score (nSPS) is 46.8. The molecule has 0 saturated carbocycles. The molecule has 2 aliphatic heterocycles. The number of nitrogens with one attached hydrogen (secondary N) is 1. The van der Waals surface area contributed by atoms with Gasteiger partial charge in [-0.25, -0.2) is 4.79 Å². The molecule has 0 aliphatic carbocycles. The van der Waals surface area contributed by atoms with E-state index in [1.54, 1.807) is 0 Å². The van der Waals surface area contributed by atoms with Crippen LogP contribution in [0.3, 0.4) is 0 Å². The van der Waals surface area contributed by atoms with Gasteiger partial charge in [-0.1, -0.05) is 0 Å². The zero-order chi connectivity index (χ0) is 10.3. The standard InChI is InChI=1S/C7H11NO6/c9-1-2-3(10)4(11)5-6(13-2)8-7(12)14-5/h2-6,9-11H,1H2,(H,8,12)/t2-,3-,4-,5+,6-/m1/s1. The van der Waals surface area contributed by atoms with Gasteiger partial charge >= 0.3 is 6.09 Å². The third-order valence-corrected chi connectivity index (χ3v) is 2.37. The third kappa shape index (κ3) is 1.34. The lowest BCUT2D eigenvalue weighted by Gasteiger charge is -2.36. The van der Waals surface area contributed by atoms with Crippen LogP contribution in [0.5, 0.6) is 0 Å². The van der Waals surface area contributed by atoms with Crippen molar-refractivity contribution in [2.45, 2.75) is 30.6 Å². The van der Waals surface area contributed by atoms with E-state index in [1.165, 1.54) is 0 Å². The smallest absolute Gasteiger partial charge is 0.409 e. The fourth-order valence-corrected chi connectivity index (χ4v) is 1.61. The van der Waals surface area contributed by atoms with Crippen LogP contribution < -0.4 is 5.32 Å². The van der Waals surface area contributed by atoms with Crippen molar-refractivity contribution in [1.82, 2.24) is 5.32 Å². The van der Waals surface area contributed by atoms with Gasteiger partial charge in [0.2, 0.25) is 0 Å². The number of hydrogen-bond donors (Lipinski definition) is 4. The van der Waals surface area contributed by atoms with E-state index in [1.807, 2.05) is 0 Å². The van der Waals surface area contributed by atoms with Crippen LogP contribution in [-0.2, 0) is 9.47 Å². The van der Waals surface area contributed by atoms with Crippen LogP contribution in [0.1, 0.15) is 0 Å². The molecule has 0 bridgehead atoms. The summed E-state index contributed by atoms with van der Waals surface area (Å²) in [4.78, 5) is 10.8. The van der Waals surface area contributed by atoms with Crippen LogP contribution in [0, 0.1) is 0 Å². The second-order valence-electron chi connectivity index (χ2n) is 3.27. The highest BCUT2D eigenvalue weighted by Crippen LogP contribution is 2.25. The van der Waals surface area contributed by atoms with Gasteiger partial charge in [0.1, 0.15) is 18.3 Å². The van der Waals surface area contributed by atoms with Crippen molar-refractivity contribution in [2.75, 3.05) is 6.61 Å². The SMILES string of the molecule is O=C1N[C@@H]2O[C@H](CO)[C@@H](O)[C@@H](O)[C@@H]2O1. The number of carbonyl (C=O) groups excluding carboxylic acids is 1. The zero-order valence-corrected chi connectivity index (χ0v) is 7.16. The van der Waals surface area contributed by atoms with Crippen LogP contribution in [-0.4, -0.2) is 58.7 Å². The summed E-state index contributed by atoms with van der Waals surface area (Å²) in [6.45, 7) is -0.433. The molecule has 2 rings (SSSR count). The summed E-state index contributed by atoms with van der Waals surface area (Å²) in [5.41, 5.74) is 0. The number of fused-ring (bicyclic) bond motifs is 1. The molecule has 2 heterocycles. The average Bonchev–Trinajstić information content (AvgIpc) is 2.52. The van der Waals surface area contributed by atoms with Crippen molar-refractivity contribution >= 4 is 6.09 Å². The van der Waals surface area contributed by atoms with Gasteiger partial charge in [-0.15, -0.1) is 0 Å². The Morgan fingerprint density at radius 1 is 1.36 bits per heavy atom. The summed E-state index contributed by atoms with van der Waals surface area (Å²) < 4.78 is 9.77. The van der Waals surface area contributed by atoms with E-state index in [9.17, 15) is 15.0 Å². The molecule has 0 aromatic carbocycles. The quantitative estimate of drug-likeness (QED) is 0.378. The lowest BCUT2D eigenvalue weighted by atomic mass is 9.99. The predicted molar refractivity (Wildman–Crippen MR) is 41.2 cm³/mol. The highest BCUT2D eigenvalue weighted by atomic mass is 16.6. The van der Waals surface area contributed by atoms with Gasteiger partial charge in [0.25, 0.3) is 0 Å². The summed E-state index contributed by atoms with van der Waals surface area (Å²) in [5.74, 6) is 0. The van der Waals surface area contributed by atoms with E-state index in [-0.39, 0.29) is 0 Å². The first kappa shape index (κ1) is 9.66. The number of ether oxygens (including phenoxy) is 2. The molecule has 1 amide bonds. The van der Waals surface area contributed by atoms with Crippen molar-refractivity contribution in [2.24, 2.45) is 0 Å². The van der Waals surface area contributed by atoms with Crippen molar-refractivity contribution < 1.29 is 29.6 Å². The number of hydrogen-bond acceptors (Lipinski definition) is 6. The number of carbonyl (C=O) groups is 1. The summed E-state index contributed by atoms with van der Waals surface area (Å²) >= 11 is 0. The first-order chi connectivity index (χ1) is 6.63. The molecular weight excluding hydrogens is 194 g/mol. The molecule has 7 nitrogen and oxygen atoms in total.